The highest BCUT2D eigenvalue weighted by atomic mass is 16.2. The van der Waals surface area contributed by atoms with Crippen LogP contribution in [0.4, 0.5) is 0 Å². The number of nitrogens with one attached hydrogen (secondary N) is 1. The van der Waals surface area contributed by atoms with Gasteiger partial charge in [-0.25, -0.2) is 0 Å². The van der Waals surface area contributed by atoms with E-state index in [1.54, 1.807) is 25.1 Å². The summed E-state index contributed by atoms with van der Waals surface area (Å²) in [7, 11) is 0. The normalized spacial score (nSPS) is 16.1. The number of hydrogen-bond donors (Lipinski definition) is 2. The van der Waals surface area contributed by atoms with E-state index in [0.717, 1.165) is 29.7 Å². The maximum atomic E-state index is 12.5. The third kappa shape index (κ3) is 3.48. The molecule has 0 bridgehead atoms. The van der Waals surface area contributed by atoms with E-state index in [1.165, 1.54) is 0 Å². The van der Waals surface area contributed by atoms with Crippen LogP contribution in [0.15, 0.2) is 18.2 Å². The fourth-order valence-corrected chi connectivity index (χ4v) is 2.86. The minimum Gasteiger partial charge on any atom is -0.350 e. The molecular formula is C18H25N3O3. The number of unbranched alkanes of at least 4 members (excludes halogenated alkanes) is 1. The van der Waals surface area contributed by atoms with Gasteiger partial charge in [0.25, 0.3) is 11.8 Å². The second kappa shape index (κ2) is 7.57. The minimum atomic E-state index is -0.867. The number of rotatable bonds is 7. The number of hydrogen-bond acceptors (Lipinski definition) is 4. The van der Waals surface area contributed by atoms with Gasteiger partial charge in [0.05, 0.1) is 11.1 Å². The molecule has 3 amide bonds. The summed E-state index contributed by atoms with van der Waals surface area (Å²) < 4.78 is 0. The smallest absolute Gasteiger partial charge is 0.262 e. The van der Waals surface area contributed by atoms with Gasteiger partial charge in [-0.15, -0.1) is 0 Å². The van der Waals surface area contributed by atoms with Crippen molar-refractivity contribution in [3.8, 4) is 0 Å². The molecule has 1 aliphatic heterocycles. The highest BCUT2D eigenvalue weighted by Gasteiger charge is 2.41. The number of nitrogens with two attached hydrogens (primary N) is 1. The molecule has 2 unspecified atom stereocenters. The van der Waals surface area contributed by atoms with Crippen LogP contribution in [0.5, 0.6) is 0 Å². The van der Waals surface area contributed by atoms with Gasteiger partial charge in [0.15, 0.2) is 0 Å². The van der Waals surface area contributed by atoms with Crippen molar-refractivity contribution < 1.29 is 14.4 Å². The fourth-order valence-electron chi connectivity index (χ4n) is 2.86. The first kappa shape index (κ1) is 18.1. The van der Waals surface area contributed by atoms with Gasteiger partial charge in [-0.1, -0.05) is 31.4 Å². The quantitative estimate of drug-likeness (QED) is 0.743. The molecule has 24 heavy (non-hydrogen) atoms. The van der Waals surface area contributed by atoms with Gasteiger partial charge < -0.3 is 11.1 Å². The van der Waals surface area contributed by atoms with Crippen molar-refractivity contribution in [3.05, 3.63) is 34.9 Å². The number of aryl methyl sites for hydroxylation is 1. The summed E-state index contributed by atoms with van der Waals surface area (Å²) in [5.74, 6) is -1.19. The van der Waals surface area contributed by atoms with Crippen LogP contribution in [-0.2, 0) is 4.79 Å². The molecule has 130 valence electrons. The highest BCUT2D eigenvalue weighted by Crippen LogP contribution is 2.25. The number of amides is 3. The molecule has 0 aliphatic carbocycles. The Hall–Kier alpha value is -2.21. The summed E-state index contributed by atoms with van der Waals surface area (Å²) in [4.78, 5) is 38.5. The maximum absolute atomic E-state index is 12.5. The molecule has 0 saturated carbocycles. The predicted molar refractivity (Wildman–Crippen MR) is 91.7 cm³/mol. The summed E-state index contributed by atoms with van der Waals surface area (Å²) >= 11 is 0. The lowest BCUT2D eigenvalue weighted by atomic mass is 10.1. The van der Waals surface area contributed by atoms with Crippen LogP contribution in [0.2, 0.25) is 0 Å². The molecule has 0 saturated heterocycles. The Morgan fingerprint density at radius 3 is 2.54 bits per heavy atom. The third-order valence-electron chi connectivity index (χ3n) is 4.38. The molecule has 0 aromatic heterocycles. The van der Waals surface area contributed by atoms with Crippen molar-refractivity contribution in [2.45, 2.75) is 52.1 Å². The van der Waals surface area contributed by atoms with Crippen molar-refractivity contribution in [1.82, 2.24) is 10.2 Å². The topological polar surface area (TPSA) is 92.5 Å². The van der Waals surface area contributed by atoms with Crippen molar-refractivity contribution in [3.63, 3.8) is 0 Å². The molecular weight excluding hydrogens is 306 g/mol. The van der Waals surface area contributed by atoms with Crippen molar-refractivity contribution in [2.75, 3.05) is 6.54 Å². The standard InChI is InChI=1S/C18H25N3O3/c1-4-5-6-13(10-19)20-16(22)12(3)21-17(23)14-8-7-11(2)9-15(14)18(21)24/h7-9,12-13H,4-6,10,19H2,1-3H3,(H,20,22). The molecule has 1 aromatic rings. The Balaban J connectivity index is 2.12. The first-order valence-electron chi connectivity index (χ1n) is 8.39. The van der Waals surface area contributed by atoms with Crippen molar-refractivity contribution in [1.29, 1.82) is 0 Å². The summed E-state index contributed by atoms with van der Waals surface area (Å²) in [5, 5.41) is 2.85. The lowest BCUT2D eigenvalue weighted by Crippen LogP contribution is -2.51. The lowest BCUT2D eigenvalue weighted by Gasteiger charge is -2.24. The van der Waals surface area contributed by atoms with Gasteiger partial charge in [0, 0.05) is 12.6 Å². The number of benzene rings is 1. The van der Waals surface area contributed by atoms with E-state index in [-0.39, 0.29) is 11.9 Å². The molecule has 2 rings (SSSR count). The fraction of sp³-hybridized carbons (Fsp3) is 0.500. The molecule has 0 spiro atoms. The molecule has 1 heterocycles. The Kier molecular flexibility index (Phi) is 5.72. The molecule has 6 nitrogen and oxygen atoms in total. The Morgan fingerprint density at radius 1 is 1.25 bits per heavy atom. The van der Waals surface area contributed by atoms with Gasteiger partial charge in [0.1, 0.15) is 6.04 Å². The van der Waals surface area contributed by atoms with Crippen LogP contribution in [0.3, 0.4) is 0 Å². The number of imide groups is 1. The van der Waals surface area contributed by atoms with Gasteiger partial charge in [-0.2, -0.15) is 0 Å². The van der Waals surface area contributed by atoms with E-state index < -0.39 is 17.9 Å². The Morgan fingerprint density at radius 2 is 1.92 bits per heavy atom. The van der Waals surface area contributed by atoms with E-state index in [0.29, 0.717) is 17.7 Å². The van der Waals surface area contributed by atoms with Gasteiger partial charge in [-0.05, 0) is 32.4 Å². The number of nitrogens with zero attached hydrogens (tertiary/aromatic N) is 1. The molecule has 2 atom stereocenters. The summed E-state index contributed by atoms with van der Waals surface area (Å²) in [6.45, 7) is 5.83. The summed E-state index contributed by atoms with van der Waals surface area (Å²) in [6, 6.07) is 4.10. The average molecular weight is 331 g/mol. The highest BCUT2D eigenvalue weighted by molar-refractivity contribution is 6.22. The number of carbonyl (C=O) groups excluding carboxylic acids is 3. The van der Waals surface area contributed by atoms with Crippen LogP contribution in [0, 0.1) is 6.92 Å². The van der Waals surface area contributed by atoms with Crippen LogP contribution in [-0.4, -0.2) is 41.2 Å². The summed E-state index contributed by atoms with van der Waals surface area (Å²) in [5.41, 5.74) is 7.31. The number of fused-ring (bicyclic) bond motifs is 1. The van der Waals surface area contributed by atoms with Crippen LogP contribution < -0.4 is 11.1 Å². The second-order valence-electron chi connectivity index (χ2n) is 6.29. The largest absolute Gasteiger partial charge is 0.350 e. The third-order valence-corrected chi connectivity index (χ3v) is 4.38. The SMILES string of the molecule is CCCCC(CN)NC(=O)C(C)N1C(=O)c2ccc(C)cc2C1=O. The zero-order valence-corrected chi connectivity index (χ0v) is 14.5. The van der Waals surface area contributed by atoms with E-state index in [2.05, 4.69) is 12.2 Å². The molecule has 3 N–H and O–H groups in total. The molecule has 0 radical (unpaired) electrons. The second-order valence-corrected chi connectivity index (χ2v) is 6.29. The molecule has 6 heteroatoms. The zero-order valence-electron chi connectivity index (χ0n) is 14.5. The van der Waals surface area contributed by atoms with Crippen LogP contribution >= 0.6 is 0 Å². The van der Waals surface area contributed by atoms with Crippen molar-refractivity contribution in [2.24, 2.45) is 5.73 Å². The van der Waals surface area contributed by atoms with Gasteiger partial charge in [0.2, 0.25) is 5.91 Å². The Labute approximate surface area is 142 Å². The summed E-state index contributed by atoms with van der Waals surface area (Å²) in [6.07, 6.45) is 2.76. The lowest BCUT2D eigenvalue weighted by molar-refractivity contribution is -0.125. The first-order valence-corrected chi connectivity index (χ1v) is 8.39. The van der Waals surface area contributed by atoms with Crippen molar-refractivity contribution >= 4 is 17.7 Å². The van der Waals surface area contributed by atoms with Gasteiger partial charge in [-0.3, -0.25) is 19.3 Å². The van der Waals surface area contributed by atoms with Crippen LogP contribution in [0.25, 0.3) is 0 Å². The van der Waals surface area contributed by atoms with E-state index in [1.807, 2.05) is 6.92 Å². The van der Waals surface area contributed by atoms with Crippen LogP contribution in [0.1, 0.15) is 59.4 Å². The molecule has 1 aliphatic rings. The van der Waals surface area contributed by atoms with Gasteiger partial charge >= 0.3 is 0 Å². The Bertz CT molecular complexity index is 657. The van der Waals surface area contributed by atoms with E-state index in [9.17, 15) is 14.4 Å². The monoisotopic (exact) mass is 331 g/mol. The van der Waals surface area contributed by atoms with E-state index in [4.69, 9.17) is 5.73 Å². The number of carbonyl (C=O) groups is 3. The predicted octanol–water partition coefficient (Wildman–Crippen LogP) is 1.61. The average Bonchev–Trinajstić information content (AvgIpc) is 2.81. The molecule has 1 aromatic carbocycles. The minimum absolute atomic E-state index is 0.141. The molecule has 0 fully saturated rings. The first-order chi connectivity index (χ1) is 11.4. The zero-order chi connectivity index (χ0) is 17.9. The maximum Gasteiger partial charge on any atom is 0.262 e. The van der Waals surface area contributed by atoms with E-state index >= 15 is 0 Å².